The highest BCUT2D eigenvalue weighted by atomic mass is 15.2. The first-order valence-corrected chi connectivity index (χ1v) is 33.0. The summed E-state index contributed by atoms with van der Waals surface area (Å²) in [6.45, 7) is 39.3. The van der Waals surface area contributed by atoms with Crippen LogP contribution < -0.4 is 26.2 Å². The van der Waals surface area contributed by atoms with Gasteiger partial charge in [-0.3, -0.25) is 0 Å². The maximum Gasteiger partial charge on any atom is 0.252 e. The van der Waals surface area contributed by atoms with Gasteiger partial charge < -0.3 is 9.80 Å². The molecule has 90 heavy (non-hydrogen) atoms. The molecule has 10 aromatic rings. The first-order valence-electron chi connectivity index (χ1n) is 34.5. The summed E-state index contributed by atoms with van der Waals surface area (Å²) in [6.07, 6.45) is 0. The predicted molar refractivity (Wildman–Crippen MR) is 387 cm³/mol. The van der Waals surface area contributed by atoms with Gasteiger partial charge in [-0.05, 0) is 183 Å². The SMILES string of the molecule is [2H]C([2H])([2H])c1cc2c3c(c1)N(c1ccc(C(C)(C)C)cc1-c1ccccc1)c1cc4c(cc1B3c1ccc(C(c3ccc(C(C)(C)C)cc3)c3ccc(C(C)(C)C)cc3)cc1N2c1cc2c(cc1C)C(C)(C)c1ccccc1C2(C)C)C(C)(C)c1ccccc1C4(C)C. The van der Waals surface area contributed by atoms with Crippen molar-refractivity contribution >= 4 is 57.2 Å². The van der Waals surface area contributed by atoms with Gasteiger partial charge in [0.2, 0.25) is 0 Å². The number of fused-ring (bicyclic) bond motifs is 8. The molecule has 0 saturated heterocycles. The van der Waals surface area contributed by atoms with Crippen LogP contribution in [0.25, 0.3) is 11.1 Å². The zero-order valence-electron chi connectivity index (χ0n) is 59.6. The van der Waals surface area contributed by atoms with E-state index in [1.807, 2.05) is 6.07 Å². The molecule has 10 aromatic carbocycles. The zero-order valence-corrected chi connectivity index (χ0v) is 56.6. The Morgan fingerprint density at radius 1 is 0.356 bits per heavy atom. The molecule has 2 aliphatic heterocycles. The Kier molecular flexibility index (Phi) is 12.5. The third-order valence-electron chi connectivity index (χ3n) is 21.8. The van der Waals surface area contributed by atoms with Gasteiger partial charge in [0.1, 0.15) is 0 Å². The van der Waals surface area contributed by atoms with Crippen LogP contribution in [-0.4, -0.2) is 6.71 Å². The number of hydrogen-bond donors (Lipinski definition) is 0. The Balaban J connectivity index is 1.13. The molecule has 0 bridgehead atoms. The van der Waals surface area contributed by atoms with E-state index in [1.54, 1.807) is 0 Å². The van der Waals surface area contributed by atoms with Crippen LogP contribution in [0.3, 0.4) is 0 Å². The molecule has 2 heterocycles. The first-order chi connectivity index (χ1) is 43.6. The maximum absolute atomic E-state index is 9.64. The molecular weight excluding hydrogens is 1080 g/mol. The molecule has 0 saturated carbocycles. The Morgan fingerprint density at radius 3 is 1.24 bits per heavy atom. The minimum absolute atomic E-state index is 0.0222. The van der Waals surface area contributed by atoms with E-state index in [-0.39, 0.29) is 50.5 Å². The van der Waals surface area contributed by atoms with Gasteiger partial charge in [-0.25, -0.2) is 0 Å². The van der Waals surface area contributed by atoms with E-state index in [2.05, 4.69) is 329 Å². The van der Waals surface area contributed by atoms with Crippen molar-refractivity contribution in [1.82, 2.24) is 0 Å². The second-order valence-corrected chi connectivity index (χ2v) is 32.1. The summed E-state index contributed by atoms with van der Waals surface area (Å²) in [4.78, 5) is 4.99. The first kappa shape index (κ1) is 55.9. The lowest BCUT2D eigenvalue weighted by molar-refractivity contribution is 0.520. The number of nitrogens with zero attached hydrogens (tertiary/aromatic N) is 2. The average Bonchev–Trinajstić information content (AvgIpc) is 0.687. The van der Waals surface area contributed by atoms with Crippen LogP contribution in [0.4, 0.5) is 34.1 Å². The lowest BCUT2D eigenvalue weighted by atomic mass is 9.33. The molecule has 0 atom stereocenters. The molecule has 4 aliphatic rings. The molecule has 0 amide bonds. The highest BCUT2D eigenvalue weighted by molar-refractivity contribution is 7.00. The van der Waals surface area contributed by atoms with Crippen molar-refractivity contribution in [3.05, 3.63) is 289 Å². The lowest BCUT2D eigenvalue weighted by Gasteiger charge is -2.49. The van der Waals surface area contributed by atoms with Crippen molar-refractivity contribution in [2.75, 3.05) is 9.80 Å². The van der Waals surface area contributed by atoms with Gasteiger partial charge in [0, 0.05) is 65.7 Å². The van der Waals surface area contributed by atoms with E-state index in [9.17, 15) is 4.11 Å². The van der Waals surface area contributed by atoms with Gasteiger partial charge in [0.05, 0.1) is 5.69 Å². The van der Waals surface area contributed by atoms with Crippen molar-refractivity contribution in [3.8, 4) is 11.1 Å². The molecule has 452 valence electrons. The minimum Gasteiger partial charge on any atom is -0.311 e. The summed E-state index contributed by atoms with van der Waals surface area (Å²) >= 11 is 0. The van der Waals surface area contributed by atoms with Gasteiger partial charge in [0.25, 0.3) is 6.71 Å². The molecule has 0 spiro atoms. The minimum atomic E-state index is -2.48. The van der Waals surface area contributed by atoms with E-state index in [1.165, 1.54) is 88.8 Å². The molecule has 0 unspecified atom stereocenters. The summed E-state index contributed by atoms with van der Waals surface area (Å²) < 4.78 is 28.9. The fourth-order valence-corrected chi connectivity index (χ4v) is 16.5. The number of anilines is 6. The Morgan fingerprint density at radius 2 is 0.767 bits per heavy atom. The van der Waals surface area contributed by atoms with E-state index in [0.29, 0.717) is 5.56 Å². The van der Waals surface area contributed by atoms with Crippen molar-refractivity contribution in [2.45, 2.75) is 175 Å². The number of aryl methyl sites for hydroxylation is 2. The van der Waals surface area contributed by atoms with Crippen LogP contribution in [0, 0.1) is 13.8 Å². The molecule has 14 rings (SSSR count). The second kappa shape index (κ2) is 20.2. The third-order valence-corrected chi connectivity index (χ3v) is 21.8. The van der Waals surface area contributed by atoms with Crippen molar-refractivity contribution in [1.29, 1.82) is 0 Å². The summed E-state index contributed by atoms with van der Waals surface area (Å²) in [5.74, 6) is -0.136. The average molecular weight is 1180 g/mol. The normalized spacial score (nSPS) is 17.0. The smallest absolute Gasteiger partial charge is 0.252 e. The van der Waals surface area contributed by atoms with Crippen LogP contribution in [-0.2, 0) is 37.9 Å². The van der Waals surface area contributed by atoms with Crippen molar-refractivity contribution < 1.29 is 4.11 Å². The van der Waals surface area contributed by atoms with Crippen LogP contribution in [0.5, 0.6) is 0 Å². The summed E-state index contributed by atoms with van der Waals surface area (Å²) in [7, 11) is 0. The van der Waals surface area contributed by atoms with Crippen molar-refractivity contribution in [3.63, 3.8) is 0 Å². The monoisotopic (exact) mass is 1180 g/mol. The Bertz CT molecular complexity index is 4620. The van der Waals surface area contributed by atoms with Gasteiger partial charge in [-0.1, -0.05) is 275 Å². The van der Waals surface area contributed by atoms with Gasteiger partial charge in [-0.2, -0.15) is 0 Å². The summed E-state index contributed by atoms with van der Waals surface area (Å²) in [5.41, 5.74) is 29.4. The summed E-state index contributed by atoms with van der Waals surface area (Å²) in [6, 6.07) is 76.2. The zero-order chi connectivity index (χ0) is 66.2. The van der Waals surface area contributed by atoms with Crippen LogP contribution in [0.1, 0.15) is 217 Å². The topological polar surface area (TPSA) is 6.48 Å². The van der Waals surface area contributed by atoms with Crippen LogP contribution >= 0.6 is 0 Å². The van der Waals surface area contributed by atoms with Crippen LogP contribution in [0.2, 0.25) is 0 Å². The van der Waals surface area contributed by atoms with Crippen LogP contribution in [0.15, 0.2) is 200 Å². The number of benzene rings is 10. The molecule has 0 radical (unpaired) electrons. The highest BCUT2D eigenvalue weighted by Gasteiger charge is 2.50. The lowest BCUT2D eigenvalue weighted by Crippen LogP contribution is -2.62. The standard InChI is InChI=1S/C87H91BN2/c1-53-45-77-80-78(46-53)90(74-51-69-67(47-54(74)2)84(12,13)63-29-23-25-31-65(63)86(69,16)17)75-48-58(79(56-33-38-59(39-34-56)81(3,4)5)57-35-40-60(41-36-57)82(6,7)8)37-43-71(75)88(80)72-50-68-70(87(18,19)66-32-26-24-30-64(66)85(68,14)15)52-76(72)89(77)73-44-42-61(83(9,10)11)49-62(73)55-27-21-20-22-28-55/h20-52,79H,1-19H3/i1D3. The van der Waals surface area contributed by atoms with E-state index < -0.39 is 6.85 Å². The molecule has 0 aromatic heterocycles. The van der Waals surface area contributed by atoms with Crippen molar-refractivity contribution in [2.24, 2.45) is 0 Å². The van der Waals surface area contributed by atoms with E-state index in [0.717, 1.165) is 56.3 Å². The molecule has 0 fully saturated rings. The fourth-order valence-electron chi connectivity index (χ4n) is 16.5. The Hall–Kier alpha value is -8.14. The van der Waals surface area contributed by atoms with E-state index >= 15 is 0 Å². The predicted octanol–water partition coefficient (Wildman–Crippen LogP) is 21.1. The van der Waals surface area contributed by atoms with Gasteiger partial charge in [-0.15, -0.1) is 0 Å². The number of rotatable bonds is 6. The number of hydrogen-bond acceptors (Lipinski definition) is 2. The molecule has 2 nitrogen and oxygen atoms in total. The molecule has 2 aliphatic carbocycles. The third kappa shape index (κ3) is 9.08. The highest BCUT2D eigenvalue weighted by Crippen LogP contribution is 2.56. The van der Waals surface area contributed by atoms with E-state index in [4.69, 9.17) is 0 Å². The fraction of sp³-hybridized carbons (Fsp3) is 0.310. The molecule has 3 heteroatoms. The Labute approximate surface area is 543 Å². The largest absolute Gasteiger partial charge is 0.311 e. The molecular formula is C87H91BN2. The maximum atomic E-state index is 9.64. The van der Waals surface area contributed by atoms with Gasteiger partial charge >= 0.3 is 0 Å². The van der Waals surface area contributed by atoms with Gasteiger partial charge in [0.15, 0.2) is 0 Å². The quantitative estimate of drug-likeness (QED) is 0.121. The molecule has 0 N–H and O–H groups in total. The summed E-state index contributed by atoms with van der Waals surface area (Å²) in [5, 5.41) is 0. The second-order valence-electron chi connectivity index (χ2n) is 32.1.